The third-order valence-corrected chi connectivity index (χ3v) is 6.99. The van der Waals surface area contributed by atoms with E-state index in [1.54, 1.807) is 6.92 Å². The lowest BCUT2D eigenvalue weighted by molar-refractivity contribution is -0.170. The van der Waals surface area contributed by atoms with Gasteiger partial charge in [-0.25, -0.2) is 4.79 Å². The van der Waals surface area contributed by atoms with Crippen LogP contribution in [-0.2, 0) is 14.4 Å². The van der Waals surface area contributed by atoms with Crippen LogP contribution in [0.1, 0.15) is 149 Å². The molecule has 2 unspecified atom stereocenters. The van der Waals surface area contributed by atoms with Crippen molar-refractivity contribution in [1.82, 2.24) is 0 Å². The number of unbranched alkanes of at least 4 members (excludes halogenated alkanes) is 14. The topological polar surface area (TPSA) is 173 Å². The van der Waals surface area contributed by atoms with Crippen molar-refractivity contribution in [1.29, 1.82) is 0 Å². The summed E-state index contributed by atoms with van der Waals surface area (Å²) in [5, 5.41) is 54.6. The van der Waals surface area contributed by atoms with Gasteiger partial charge in [0.05, 0.1) is 24.5 Å². The minimum Gasteiger partial charge on any atom is -0.481 e. The highest BCUT2D eigenvalue weighted by Crippen LogP contribution is 2.27. The van der Waals surface area contributed by atoms with Crippen molar-refractivity contribution < 1.29 is 45.0 Å². The molecule has 226 valence electrons. The van der Waals surface area contributed by atoms with Gasteiger partial charge in [-0.2, -0.15) is 0 Å². The van der Waals surface area contributed by atoms with Crippen LogP contribution in [-0.4, -0.2) is 65.9 Å². The summed E-state index contributed by atoms with van der Waals surface area (Å²) in [4.78, 5) is 30.5. The van der Waals surface area contributed by atoms with Crippen LogP contribution >= 0.6 is 0 Å². The SMILES string of the molecule is CCCCCCCCCCCCC(O)(CCCCCCCC)C(C)O.O=C(O)CC(O)(CC(=O)O)C(=O)O. The fourth-order valence-corrected chi connectivity index (χ4v) is 4.39. The Hall–Kier alpha value is -1.71. The van der Waals surface area contributed by atoms with Crippen LogP contribution in [0.5, 0.6) is 0 Å². The van der Waals surface area contributed by atoms with Crippen LogP contribution in [0.3, 0.4) is 0 Å². The highest BCUT2D eigenvalue weighted by atomic mass is 16.4. The van der Waals surface area contributed by atoms with Gasteiger partial charge >= 0.3 is 17.9 Å². The molecular formula is C29H56O9. The molecule has 0 saturated heterocycles. The van der Waals surface area contributed by atoms with Gasteiger partial charge in [0, 0.05) is 0 Å². The van der Waals surface area contributed by atoms with Gasteiger partial charge in [0.1, 0.15) is 0 Å². The summed E-state index contributed by atoms with van der Waals surface area (Å²) >= 11 is 0. The average Bonchev–Trinajstić information content (AvgIpc) is 2.81. The summed E-state index contributed by atoms with van der Waals surface area (Å²) in [6, 6.07) is 0. The maximum absolute atomic E-state index is 10.8. The summed E-state index contributed by atoms with van der Waals surface area (Å²) in [5.74, 6) is -5.02. The molecule has 6 N–H and O–H groups in total. The number of aliphatic hydroxyl groups excluding tert-OH is 1. The number of aliphatic carboxylic acids is 3. The number of carbonyl (C=O) groups is 3. The average molecular weight is 549 g/mol. The van der Waals surface area contributed by atoms with E-state index in [0.29, 0.717) is 0 Å². The van der Waals surface area contributed by atoms with Gasteiger partial charge in [-0.3, -0.25) is 9.59 Å². The van der Waals surface area contributed by atoms with E-state index < -0.39 is 48.1 Å². The van der Waals surface area contributed by atoms with Crippen LogP contribution in [0.2, 0.25) is 0 Å². The van der Waals surface area contributed by atoms with Crippen LogP contribution in [0.25, 0.3) is 0 Å². The summed E-state index contributed by atoms with van der Waals surface area (Å²) in [6.45, 7) is 6.26. The Kier molecular flexibility index (Phi) is 23.5. The fraction of sp³-hybridized carbons (Fsp3) is 0.897. The Morgan fingerprint density at radius 1 is 0.579 bits per heavy atom. The van der Waals surface area contributed by atoms with E-state index in [1.807, 2.05) is 0 Å². The second kappa shape index (κ2) is 23.2. The lowest BCUT2D eigenvalue weighted by Gasteiger charge is -2.31. The quantitative estimate of drug-likeness (QED) is 0.0801. The molecule has 0 aromatic heterocycles. The smallest absolute Gasteiger partial charge is 0.336 e. The van der Waals surface area contributed by atoms with Crippen molar-refractivity contribution in [3.63, 3.8) is 0 Å². The lowest BCUT2D eigenvalue weighted by Crippen LogP contribution is -2.42. The van der Waals surface area contributed by atoms with E-state index >= 15 is 0 Å². The zero-order valence-corrected chi connectivity index (χ0v) is 24.1. The van der Waals surface area contributed by atoms with Gasteiger partial charge in [0.25, 0.3) is 0 Å². The van der Waals surface area contributed by atoms with Gasteiger partial charge in [0.15, 0.2) is 5.60 Å². The normalized spacial score (nSPS) is 13.7. The molecule has 0 aliphatic heterocycles. The minimum atomic E-state index is -2.74. The zero-order chi connectivity index (χ0) is 29.5. The molecule has 0 amide bonds. The number of aliphatic hydroxyl groups is 3. The molecule has 9 nitrogen and oxygen atoms in total. The Labute approximate surface area is 229 Å². The van der Waals surface area contributed by atoms with E-state index in [2.05, 4.69) is 13.8 Å². The number of hydrogen-bond donors (Lipinski definition) is 6. The molecule has 0 fully saturated rings. The zero-order valence-electron chi connectivity index (χ0n) is 24.1. The van der Waals surface area contributed by atoms with E-state index in [0.717, 1.165) is 25.7 Å². The molecule has 0 bridgehead atoms. The number of carboxylic acid groups (broad SMARTS) is 3. The first-order chi connectivity index (χ1) is 17.8. The Balaban J connectivity index is 0. The van der Waals surface area contributed by atoms with Crippen LogP contribution in [0.4, 0.5) is 0 Å². The number of hydrogen-bond acceptors (Lipinski definition) is 6. The van der Waals surface area contributed by atoms with E-state index in [1.165, 1.54) is 89.9 Å². The molecule has 2 atom stereocenters. The van der Waals surface area contributed by atoms with Gasteiger partial charge in [-0.05, 0) is 19.8 Å². The summed E-state index contributed by atoms with van der Waals surface area (Å²) in [6.07, 6.45) is 19.1. The first kappa shape index (κ1) is 38.4. The Morgan fingerprint density at radius 2 is 0.868 bits per heavy atom. The molecule has 0 rings (SSSR count). The first-order valence-corrected chi connectivity index (χ1v) is 14.6. The Morgan fingerprint density at radius 3 is 1.11 bits per heavy atom. The molecule has 0 heterocycles. The highest BCUT2D eigenvalue weighted by Gasteiger charge is 2.40. The van der Waals surface area contributed by atoms with Gasteiger partial charge in [0.2, 0.25) is 0 Å². The third-order valence-electron chi connectivity index (χ3n) is 6.99. The molecule has 0 aromatic rings. The molecule has 0 radical (unpaired) electrons. The predicted octanol–water partition coefficient (Wildman–Crippen LogP) is 5.91. The molecule has 0 aromatic carbocycles. The third kappa shape index (κ3) is 21.2. The summed E-state index contributed by atoms with van der Waals surface area (Å²) in [5.41, 5.74) is -3.59. The molecule has 0 saturated carbocycles. The van der Waals surface area contributed by atoms with Crippen molar-refractivity contribution in [2.45, 2.75) is 166 Å². The molecule has 9 heteroatoms. The monoisotopic (exact) mass is 548 g/mol. The van der Waals surface area contributed by atoms with Crippen molar-refractivity contribution in [2.24, 2.45) is 0 Å². The standard InChI is InChI=1S/C23H48O2.C6H8O7/c1-4-6-8-10-12-13-14-15-17-19-21-23(25,22(3)24)20-18-16-11-9-7-5-2;7-3(8)1-6(13,5(11)12)2-4(9)10/h22,24-25H,4-21H2,1-3H3;13H,1-2H2,(H,7,8)(H,9,10)(H,11,12). The van der Waals surface area contributed by atoms with Gasteiger partial charge in [-0.15, -0.1) is 0 Å². The molecule has 0 spiro atoms. The predicted molar refractivity (Wildman–Crippen MR) is 148 cm³/mol. The van der Waals surface area contributed by atoms with Gasteiger partial charge in [-0.1, -0.05) is 117 Å². The maximum Gasteiger partial charge on any atom is 0.336 e. The molecule has 0 aliphatic rings. The highest BCUT2D eigenvalue weighted by molar-refractivity contribution is 5.88. The minimum absolute atomic E-state index is 0.610. The molecule has 0 aliphatic carbocycles. The van der Waals surface area contributed by atoms with Crippen LogP contribution in [0.15, 0.2) is 0 Å². The van der Waals surface area contributed by atoms with Crippen molar-refractivity contribution in [3.05, 3.63) is 0 Å². The van der Waals surface area contributed by atoms with Crippen molar-refractivity contribution in [3.8, 4) is 0 Å². The largest absolute Gasteiger partial charge is 0.481 e. The second-order valence-electron chi connectivity index (χ2n) is 10.7. The van der Waals surface area contributed by atoms with Crippen molar-refractivity contribution >= 4 is 17.9 Å². The summed E-state index contributed by atoms with van der Waals surface area (Å²) < 4.78 is 0. The number of carboxylic acids is 3. The summed E-state index contributed by atoms with van der Waals surface area (Å²) in [7, 11) is 0. The lowest BCUT2D eigenvalue weighted by atomic mass is 9.85. The van der Waals surface area contributed by atoms with E-state index in [9.17, 15) is 24.6 Å². The molecular weight excluding hydrogens is 492 g/mol. The Bertz CT molecular complexity index is 605. The van der Waals surface area contributed by atoms with Gasteiger partial charge < -0.3 is 30.6 Å². The van der Waals surface area contributed by atoms with Crippen molar-refractivity contribution in [2.75, 3.05) is 0 Å². The second-order valence-corrected chi connectivity index (χ2v) is 10.7. The number of rotatable bonds is 24. The van der Waals surface area contributed by atoms with Crippen LogP contribution < -0.4 is 0 Å². The van der Waals surface area contributed by atoms with E-state index in [-0.39, 0.29) is 0 Å². The fourth-order valence-electron chi connectivity index (χ4n) is 4.39. The molecule has 38 heavy (non-hydrogen) atoms. The first-order valence-electron chi connectivity index (χ1n) is 14.6. The van der Waals surface area contributed by atoms with E-state index in [4.69, 9.17) is 20.4 Å². The maximum atomic E-state index is 10.8. The van der Waals surface area contributed by atoms with Crippen LogP contribution in [0, 0.1) is 0 Å².